The smallest absolute Gasteiger partial charge is 0.307 e. The molecule has 0 radical (unpaired) electrons. The van der Waals surface area contributed by atoms with Gasteiger partial charge in [-0.15, -0.1) is 0 Å². The summed E-state index contributed by atoms with van der Waals surface area (Å²) in [5.74, 6) is -0.733. The van der Waals surface area contributed by atoms with E-state index in [9.17, 15) is 9.90 Å². The molecule has 1 aliphatic rings. The summed E-state index contributed by atoms with van der Waals surface area (Å²) in [4.78, 5) is 15.4. The molecule has 3 nitrogen and oxygen atoms in total. The van der Waals surface area contributed by atoms with Crippen LogP contribution in [0.4, 0.5) is 0 Å². The number of carbonyl (C=O) groups is 1. The number of pyridine rings is 1. The van der Waals surface area contributed by atoms with Gasteiger partial charge in [-0.25, -0.2) is 0 Å². The van der Waals surface area contributed by atoms with Gasteiger partial charge in [-0.05, 0) is 37.3 Å². The van der Waals surface area contributed by atoms with Crippen LogP contribution in [0, 0.1) is 12.8 Å². The van der Waals surface area contributed by atoms with Crippen molar-refractivity contribution in [2.24, 2.45) is 5.92 Å². The summed E-state index contributed by atoms with van der Waals surface area (Å²) < 4.78 is 0. The van der Waals surface area contributed by atoms with E-state index in [0.717, 1.165) is 36.9 Å². The molecule has 0 aliphatic heterocycles. The normalized spacial score (nSPS) is 25.3. The minimum atomic E-state index is -0.662. The highest BCUT2D eigenvalue weighted by Crippen LogP contribution is 2.37. The molecule has 0 spiro atoms. The highest BCUT2D eigenvalue weighted by Gasteiger charge is 2.31. The average molecular weight is 219 g/mol. The van der Waals surface area contributed by atoms with E-state index in [1.165, 1.54) is 0 Å². The molecule has 1 N–H and O–H groups in total. The van der Waals surface area contributed by atoms with Gasteiger partial charge in [0, 0.05) is 11.9 Å². The van der Waals surface area contributed by atoms with E-state index in [0.29, 0.717) is 0 Å². The Labute approximate surface area is 95.5 Å². The Kier molecular flexibility index (Phi) is 3.22. The molecule has 1 aromatic rings. The maximum Gasteiger partial charge on any atom is 0.307 e. The molecular weight excluding hydrogens is 202 g/mol. The number of rotatable bonds is 2. The van der Waals surface area contributed by atoms with Gasteiger partial charge in [0.25, 0.3) is 0 Å². The van der Waals surface area contributed by atoms with Crippen LogP contribution in [0.15, 0.2) is 18.3 Å². The first-order chi connectivity index (χ1) is 7.68. The molecule has 1 heterocycles. The Morgan fingerprint density at radius 3 is 2.75 bits per heavy atom. The lowest BCUT2D eigenvalue weighted by molar-refractivity contribution is -0.143. The first kappa shape index (κ1) is 11.1. The minimum absolute atomic E-state index is 0.152. The molecule has 3 heteroatoms. The van der Waals surface area contributed by atoms with Crippen LogP contribution in [0.2, 0.25) is 0 Å². The zero-order valence-corrected chi connectivity index (χ0v) is 9.52. The molecule has 1 fully saturated rings. The first-order valence-electron chi connectivity index (χ1n) is 5.84. The zero-order chi connectivity index (χ0) is 11.5. The molecule has 2 rings (SSSR count). The van der Waals surface area contributed by atoms with Gasteiger partial charge >= 0.3 is 5.97 Å². The number of carboxylic acids is 1. The molecule has 1 aromatic heterocycles. The third-order valence-electron chi connectivity index (χ3n) is 3.45. The number of hydrogen-bond donors (Lipinski definition) is 1. The van der Waals surface area contributed by atoms with E-state index < -0.39 is 5.97 Å². The molecule has 2 unspecified atom stereocenters. The SMILES string of the molecule is Cc1ccc(C2CCCCC2C(=O)O)cn1. The monoisotopic (exact) mass is 219 g/mol. The number of hydrogen-bond acceptors (Lipinski definition) is 2. The molecule has 2 atom stereocenters. The van der Waals surface area contributed by atoms with Crippen molar-refractivity contribution in [2.75, 3.05) is 0 Å². The van der Waals surface area contributed by atoms with Crippen LogP contribution in [-0.2, 0) is 4.79 Å². The minimum Gasteiger partial charge on any atom is -0.481 e. The van der Waals surface area contributed by atoms with Gasteiger partial charge in [0.05, 0.1) is 5.92 Å². The fourth-order valence-electron chi connectivity index (χ4n) is 2.52. The fraction of sp³-hybridized carbons (Fsp3) is 0.538. The molecule has 1 aliphatic carbocycles. The topological polar surface area (TPSA) is 50.2 Å². The Balaban J connectivity index is 2.23. The Morgan fingerprint density at radius 2 is 2.12 bits per heavy atom. The van der Waals surface area contributed by atoms with Crippen LogP contribution in [0.5, 0.6) is 0 Å². The van der Waals surface area contributed by atoms with Crippen molar-refractivity contribution in [3.05, 3.63) is 29.6 Å². The number of aromatic nitrogens is 1. The maximum atomic E-state index is 11.2. The van der Waals surface area contributed by atoms with E-state index in [-0.39, 0.29) is 11.8 Å². The quantitative estimate of drug-likeness (QED) is 0.832. The maximum absolute atomic E-state index is 11.2. The van der Waals surface area contributed by atoms with Crippen LogP contribution in [0.25, 0.3) is 0 Å². The molecule has 0 saturated heterocycles. The van der Waals surface area contributed by atoms with Crippen molar-refractivity contribution < 1.29 is 9.90 Å². The molecular formula is C13H17NO2. The predicted molar refractivity (Wildman–Crippen MR) is 61.3 cm³/mol. The van der Waals surface area contributed by atoms with Crippen molar-refractivity contribution in [2.45, 2.75) is 38.5 Å². The average Bonchev–Trinajstić information content (AvgIpc) is 2.30. The highest BCUT2D eigenvalue weighted by atomic mass is 16.4. The van der Waals surface area contributed by atoms with Gasteiger partial charge in [0.2, 0.25) is 0 Å². The lowest BCUT2D eigenvalue weighted by Gasteiger charge is -2.28. The van der Waals surface area contributed by atoms with Crippen LogP contribution < -0.4 is 0 Å². The van der Waals surface area contributed by atoms with Crippen LogP contribution >= 0.6 is 0 Å². The van der Waals surface area contributed by atoms with Gasteiger partial charge in [-0.1, -0.05) is 18.9 Å². The first-order valence-corrected chi connectivity index (χ1v) is 5.84. The molecule has 0 bridgehead atoms. The van der Waals surface area contributed by atoms with Crippen LogP contribution in [0.3, 0.4) is 0 Å². The van der Waals surface area contributed by atoms with Crippen LogP contribution in [0.1, 0.15) is 42.9 Å². The summed E-state index contributed by atoms with van der Waals surface area (Å²) in [7, 11) is 0. The predicted octanol–water partition coefficient (Wildman–Crippen LogP) is 2.75. The number of aliphatic carboxylic acids is 1. The third kappa shape index (κ3) is 2.23. The second kappa shape index (κ2) is 4.64. The molecule has 1 saturated carbocycles. The molecule has 86 valence electrons. The summed E-state index contributed by atoms with van der Waals surface area (Å²) in [6.45, 7) is 1.94. The molecule has 0 aromatic carbocycles. The third-order valence-corrected chi connectivity index (χ3v) is 3.45. The summed E-state index contributed by atoms with van der Waals surface area (Å²) in [6, 6.07) is 3.98. The van der Waals surface area contributed by atoms with E-state index >= 15 is 0 Å². The number of aryl methyl sites for hydroxylation is 1. The Bertz CT molecular complexity index is 372. The van der Waals surface area contributed by atoms with E-state index in [1.807, 2.05) is 25.3 Å². The van der Waals surface area contributed by atoms with Crippen molar-refractivity contribution >= 4 is 5.97 Å². The van der Waals surface area contributed by atoms with Crippen molar-refractivity contribution in [1.82, 2.24) is 4.98 Å². The lowest BCUT2D eigenvalue weighted by Crippen LogP contribution is -2.25. The standard InChI is InChI=1S/C13H17NO2/c1-9-6-7-10(8-14-9)11-4-2-3-5-12(11)13(15)16/h6-8,11-12H,2-5H2,1H3,(H,15,16). The largest absolute Gasteiger partial charge is 0.481 e. The lowest BCUT2D eigenvalue weighted by atomic mass is 9.76. The second-order valence-corrected chi connectivity index (χ2v) is 4.57. The van der Waals surface area contributed by atoms with Gasteiger partial charge < -0.3 is 5.11 Å². The van der Waals surface area contributed by atoms with Crippen molar-refractivity contribution in [3.8, 4) is 0 Å². The van der Waals surface area contributed by atoms with Crippen LogP contribution in [-0.4, -0.2) is 16.1 Å². The zero-order valence-electron chi connectivity index (χ0n) is 9.52. The highest BCUT2D eigenvalue weighted by molar-refractivity contribution is 5.71. The van der Waals surface area contributed by atoms with Gasteiger partial charge in [0.1, 0.15) is 0 Å². The Morgan fingerprint density at radius 1 is 1.38 bits per heavy atom. The number of nitrogens with zero attached hydrogens (tertiary/aromatic N) is 1. The van der Waals surface area contributed by atoms with Crippen molar-refractivity contribution in [3.63, 3.8) is 0 Å². The van der Waals surface area contributed by atoms with Crippen molar-refractivity contribution in [1.29, 1.82) is 0 Å². The van der Waals surface area contributed by atoms with Gasteiger partial charge in [-0.2, -0.15) is 0 Å². The van der Waals surface area contributed by atoms with Gasteiger partial charge in [-0.3, -0.25) is 9.78 Å². The summed E-state index contributed by atoms with van der Waals surface area (Å²) >= 11 is 0. The van der Waals surface area contributed by atoms with E-state index in [2.05, 4.69) is 4.98 Å². The summed E-state index contributed by atoms with van der Waals surface area (Å²) in [6.07, 6.45) is 5.77. The van der Waals surface area contributed by atoms with Gasteiger partial charge in [0.15, 0.2) is 0 Å². The fourth-order valence-corrected chi connectivity index (χ4v) is 2.52. The number of carboxylic acid groups (broad SMARTS) is 1. The second-order valence-electron chi connectivity index (χ2n) is 4.57. The summed E-state index contributed by atoms with van der Waals surface area (Å²) in [5, 5.41) is 9.20. The van der Waals surface area contributed by atoms with E-state index in [4.69, 9.17) is 0 Å². The molecule has 0 amide bonds. The van der Waals surface area contributed by atoms with E-state index in [1.54, 1.807) is 0 Å². The Hall–Kier alpha value is -1.38. The molecule has 16 heavy (non-hydrogen) atoms. The summed E-state index contributed by atoms with van der Waals surface area (Å²) in [5.41, 5.74) is 2.06.